The van der Waals surface area contributed by atoms with Gasteiger partial charge in [-0.2, -0.15) is 0 Å². The molecule has 6 heteroatoms. The van der Waals surface area contributed by atoms with Crippen molar-refractivity contribution in [2.45, 2.75) is 24.9 Å². The molecular weight excluding hydrogens is 436 g/mol. The average Bonchev–Trinajstić information content (AvgIpc) is 3.35. The average molecular weight is 461 g/mol. The van der Waals surface area contributed by atoms with E-state index < -0.39 is 0 Å². The van der Waals surface area contributed by atoms with E-state index in [1.807, 2.05) is 54.6 Å². The minimum atomic E-state index is -0.373. The second-order valence-electron chi connectivity index (χ2n) is 9.75. The van der Waals surface area contributed by atoms with Crippen molar-refractivity contribution in [1.82, 2.24) is 20.8 Å². The van der Waals surface area contributed by atoms with Gasteiger partial charge < -0.3 is 0 Å². The third-order valence-corrected chi connectivity index (χ3v) is 7.96. The minimum absolute atomic E-state index is 0.0720. The Morgan fingerprint density at radius 1 is 0.686 bits per heavy atom. The molecule has 2 heterocycles. The van der Waals surface area contributed by atoms with Crippen LogP contribution in [0.15, 0.2) is 78.9 Å². The number of carbonyl (C=O) groups excluding carboxylic acids is 2. The number of nitrogens with one attached hydrogen (secondary N) is 2. The van der Waals surface area contributed by atoms with Gasteiger partial charge in [0.2, 0.25) is 0 Å². The van der Waals surface area contributed by atoms with Gasteiger partial charge in [-0.3, -0.25) is 15.0 Å². The smallest absolute Gasteiger partial charge is 0.169 e. The van der Waals surface area contributed by atoms with Crippen LogP contribution < -0.4 is 10.9 Å². The fourth-order valence-corrected chi connectivity index (χ4v) is 6.35. The van der Waals surface area contributed by atoms with Gasteiger partial charge in [-0.05, 0) is 30.9 Å². The number of para-hydroxylation sites is 2. The number of Topliss-reactive ketones (excluding diaryl/α,β-unsaturated/α-hetero) is 2. The number of carbonyl (C=O) groups is 2. The van der Waals surface area contributed by atoms with Gasteiger partial charge in [0.15, 0.2) is 11.6 Å². The van der Waals surface area contributed by atoms with Crippen molar-refractivity contribution < 1.29 is 9.59 Å². The van der Waals surface area contributed by atoms with Crippen LogP contribution in [-0.2, 0) is 0 Å². The molecule has 2 aliphatic carbocycles. The fourth-order valence-electron chi connectivity index (χ4n) is 6.35. The summed E-state index contributed by atoms with van der Waals surface area (Å²) >= 11 is 0. The van der Waals surface area contributed by atoms with Crippen LogP contribution in [0.4, 0.5) is 0 Å². The number of benzene rings is 3. The highest BCUT2D eigenvalue weighted by Crippen LogP contribution is 2.48. The molecule has 35 heavy (non-hydrogen) atoms. The van der Waals surface area contributed by atoms with Gasteiger partial charge >= 0.3 is 0 Å². The summed E-state index contributed by atoms with van der Waals surface area (Å²) < 4.78 is 0. The molecule has 6 nitrogen and oxygen atoms in total. The molecule has 5 unspecified atom stereocenters. The highest BCUT2D eigenvalue weighted by molar-refractivity contribution is 6.16. The van der Waals surface area contributed by atoms with Crippen molar-refractivity contribution in [2.75, 3.05) is 0 Å². The van der Waals surface area contributed by atoms with Crippen LogP contribution >= 0.6 is 0 Å². The van der Waals surface area contributed by atoms with Gasteiger partial charge in [0.05, 0.1) is 28.5 Å². The highest BCUT2D eigenvalue weighted by Gasteiger charge is 2.54. The number of nitrogens with zero attached hydrogens (tertiary/aromatic N) is 2. The molecule has 0 amide bonds. The Morgan fingerprint density at radius 3 is 2.11 bits per heavy atom. The summed E-state index contributed by atoms with van der Waals surface area (Å²) in [5, 5.41) is 0. The summed E-state index contributed by atoms with van der Waals surface area (Å²) in [5.74, 6) is -0.353. The van der Waals surface area contributed by atoms with Crippen LogP contribution in [0.3, 0.4) is 0 Å². The second-order valence-corrected chi connectivity index (χ2v) is 9.75. The van der Waals surface area contributed by atoms with Gasteiger partial charge in [-0.25, -0.2) is 15.4 Å². The lowest BCUT2D eigenvalue weighted by Gasteiger charge is -2.41. The van der Waals surface area contributed by atoms with Gasteiger partial charge in [0, 0.05) is 34.6 Å². The summed E-state index contributed by atoms with van der Waals surface area (Å²) in [4.78, 5) is 37.0. The van der Waals surface area contributed by atoms with Gasteiger partial charge in [-0.1, -0.05) is 66.7 Å². The highest BCUT2D eigenvalue weighted by atomic mass is 16.1. The largest absolute Gasteiger partial charge is 0.294 e. The van der Waals surface area contributed by atoms with E-state index in [0.717, 1.165) is 34.4 Å². The first-order valence-corrected chi connectivity index (χ1v) is 12.2. The zero-order valence-electron chi connectivity index (χ0n) is 19.0. The van der Waals surface area contributed by atoms with E-state index in [0.29, 0.717) is 17.5 Å². The lowest BCUT2D eigenvalue weighted by Crippen LogP contribution is -2.52. The maximum Gasteiger partial charge on any atom is 0.169 e. The fraction of sp³-hybridized carbons (Fsp3) is 0.241. The zero-order valence-corrected chi connectivity index (χ0v) is 19.0. The molecule has 5 atom stereocenters. The summed E-state index contributed by atoms with van der Waals surface area (Å²) in [6.45, 7) is 0. The van der Waals surface area contributed by atoms with Gasteiger partial charge in [-0.15, -0.1) is 0 Å². The van der Waals surface area contributed by atoms with Crippen LogP contribution in [0.25, 0.3) is 22.3 Å². The lowest BCUT2D eigenvalue weighted by molar-refractivity contribution is 0.0579. The van der Waals surface area contributed by atoms with Gasteiger partial charge in [0.25, 0.3) is 0 Å². The number of hydrogen-bond acceptors (Lipinski definition) is 6. The second kappa shape index (κ2) is 7.90. The molecule has 4 aromatic rings. The molecule has 1 saturated carbocycles. The lowest BCUT2D eigenvalue weighted by atomic mass is 9.61. The number of aromatic nitrogens is 2. The number of ketones is 2. The van der Waals surface area contributed by atoms with Crippen molar-refractivity contribution in [2.24, 2.45) is 17.8 Å². The molecule has 1 saturated heterocycles. The molecule has 2 fully saturated rings. The molecule has 0 bridgehead atoms. The maximum absolute atomic E-state index is 13.6. The number of fused-ring (bicyclic) bond motifs is 5. The summed E-state index contributed by atoms with van der Waals surface area (Å²) in [7, 11) is 0. The first kappa shape index (κ1) is 20.6. The predicted octanol–water partition coefficient (Wildman–Crippen LogP) is 4.54. The molecule has 0 spiro atoms. The molecule has 3 aliphatic rings. The molecule has 3 aromatic carbocycles. The van der Waals surface area contributed by atoms with Crippen molar-refractivity contribution >= 4 is 22.6 Å². The first-order valence-electron chi connectivity index (χ1n) is 12.2. The van der Waals surface area contributed by atoms with Crippen LogP contribution in [0.5, 0.6) is 0 Å². The van der Waals surface area contributed by atoms with E-state index in [9.17, 15) is 9.59 Å². The topological polar surface area (TPSA) is 84.0 Å². The third kappa shape index (κ3) is 3.10. The number of hydrazine groups is 1. The van der Waals surface area contributed by atoms with E-state index in [-0.39, 0.29) is 41.4 Å². The molecular formula is C29H24N4O2. The van der Waals surface area contributed by atoms with Crippen LogP contribution in [-0.4, -0.2) is 27.6 Å². The SMILES string of the molecule is O=C1c2ccccc2C(=O)C2C1CCC1C(c3nc4ccccc4nc3-c3ccccc3)NNC12. The summed E-state index contributed by atoms with van der Waals surface area (Å²) in [6, 6.07) is 25.0. The van der Waals surface area contributed by atoms with E-state index in [2.05, 4.69) is 23.0 Å². The molecule has 2 N–H and O–H groups in total. The normalized spacial score (nSPS) is 27.4. The molecule has 1 aromatic heterocycles. The quantitative estimate of drug-likeness (QED) is 0.457. The Balaban J connectivity index is 1.32. The monoisotopic (exact) mass is 460 g/mol. The molecule has 0 radical (unpaired) electrons. The number of rotatable bonds is 2. The van der Waals surface area contributed by atoms with Crippen molar-refractivity contribution in [3.63, 3.8) is 0 Å². The Kier molecular flexibility index (Phi) is 4.65. The molecule has 1 aliphatic heterocycles. The van der Waals surface area contributed by atoms with Crippen LogP contribution in [0.2, 0.25) is 0 Å². The van der Waals surface area contributed by atoms with Crippen molar-refractivity contribution in [3.05, 3.63) is 95.7 Å². The Hall–Kier alpha value is -3.74. The predicted molar refractivity (Wildman–Crippen MR) is 133 cm³/mol. The standard InChI is InChI=1S/C29H24N4O2/c34-28-17-10-4-5-11-18(17)29(35)23-19(28)14-15-20-25(23)32-33-26(20)27-24(16-8-2-1-3-9-16)30-21-12-6-7-13-22(21)31-27/h1-13,19-20,23,25-26,32-33H,14-15H2. The van der Waals surface area contributed by atoms with E-state index in [4.69, 9.17) is 9.97 Å². The Morgan fingerprint density at radius 2 is 1.34 bits per heavy atom. The van der Waals surface area contributed by atoms with Crippen LogP contribution in [0.1, 0.15) is 45.3 Å². The minimum Gasteiger partial charge on any atom is -0.294 e. The maximum atomic E-state index is 13.6. The zero-order chi connectivity index (χ0) is 23.5. The first-order chi connectivity index (χ1) is 17.2. The molecule has 172 valence electrons. The number of hydrogen-bond donors (Lipinski definition) is 2. The van der Waals surface area contributed by atoms with Crippen molar-refractivity contribution in [3.8, 4) is 11.3 Å². The van der Waals surface area contributed by atoms with Gasteiger partial charge in [0.1, 0.15) is 0 Å². The summed E-state index contributed by atoms with van der Waals surface area (Å²) in [5.41, 5.74) is 12.5. The summed E-state index contributed by atoms with van der Waals surface area (Å²) in [6.07, 6.45) is 1.53. The van der Waals surface area contributed by atoms with Crippen molar-refractivity contribution in [1.29, 1.82) is 0 Å². The van der Waals surface area contributed by atoms with E-state index in [1.165, 1.54) is 0 Å². The van der Waals surface area contributed by atoms with Crippen LogP contribution in [0, 0.1) is 17.8 Å². The van der Waals surface area contributed by atoms with E-state index >= 15 is 0 Å². The third-order valence-electron chi connectivity index (χ3n) is 7.96. The molecule has 7 rings (SSSR count). The van der Waals surface area contributed by atoms with E-state index in [1.54, 1.807) is 12.1 Å². The Bertz CT molecular complexity index is 1480. The Labute approximate surface area is 202 Å².